The van der Waals surface area contributed by atoms with Crippen LogP contribution in [0.4, 0.5) is 0 Å². The highest BCUT2D eigenvalue weighted by atomic mass is 16.5. The minimum absolute atomic E-state index is 0.199. The fourth-order valence-corrected chi connectivity index (χ4v) is 3.82. The molecule has 1 atom stereocenters. The molecule has 0 radical (unpaired) electrons. The molecule has 2 aliphatic rings. The Balaban J connectivity index is 1.31. The predicted molar refractivity (Wildman–Crippen MR) is 93.8 cm³/mol. The zero-order chi connectivity index (χ0) is 17.1. The molecule has 1 amide bonds. The number of benzene rings is 1. The Bertz CT molecular complexity index is 715. The van der Waals surface area contributed by atoms with Gasteiger partial charge in [-0.25, -0.2) is 0 Å². The number of piperidine rings is 1. The Morgan fingerprint density at radius 1 is 1.16 bits per heavy atom. The van der Waals surface area contributed by atoms with Crippen LogP contribution in [0, 0.1) is 0 Å². The van der Waals surface area contributed by atoms with Gasteiger partial charge >= 0.3 is 0 Å². The number of hydrogen-bond donors (Lipinski definition) is 0. The summed E-state index contributed by atoms with van der Waals surface area (Å²) < 4.78 is 5.30. The number of hydrogen-bond acceptors (Lipinski definition) is 5. The van der Waals surface area contributed by atoms with E-state index >= 15 is 0 Å². The van der Waals surface area contributed by atoms with E-state index in [4.69, 9.17) is 4.52 Å². The summed E-state index contributed by atoms with van der Waals surface area (Å²) in [6.07, 6.45) is 4.74. The first-order valence-electron chi connectivity index (χ1n) is 9.19. The lowest BCUT2D eigenvalue weighted by Crippen LogP contribution is -2.56. The smallest absolute Gasteiger partial charge is 0.227 e. The Hall–Kier alpha value is -2.21. The van der Waals surface area contributed by atoms with E-state index in [1.54, 1.807) is 0 Å². The summed E-state index contributed by atoms with van der Waals surface area (Å²) in [6.45, 7) is 3.92. The van der Waals surface area contributed by atoms with Gasteiger partial charge in [0.15, 0.2) is 0 Å². The van der Waals surface area contributed by atoms with Gasteiger partial charge in [-0.1, -0.05) is 41.9 Å². The van der Waals surface area contributed by atoms with Crippen LogP contribution in [0.25, 0.3) is 11.4 Å². The van der Waals surface area contributed by atoms with Crippen LogP contribution in [-0.2, 0) is 11.2 Å². The van der Waals surface area contributed by atoms with Gasteiger partial charge in [0, 0.05) is 44.1 Å². The third-order valence-electron chi connectivity index (χ3n) is 5.24. The Morgan fingerprint density at radius 2 is 2.04 bits per heavy atom. The molecule has 2 saturated heterocycles. The lowest BCUT2D eigenvalue weighted by molar-refractivity contribution is -0.134. The van der Waals surface area contributed by atoms with Crippen molar-refractivity contribution in [2.45, 2.75) is 38.1 Å². The fourth-order valence-electron chi connectivity index (χ4n) is 3.82. The lowest BCUT2D eigenvalue weighted by Gasteiger charge is -2.44. The van der Waals surface area contributed by atoms with E-state index in [9.17, 15) is 4.79 Å². The van der Waals surface area contributed by atoms with Gasteiger partial charge in [-0.15, -0.1) is 0 Å². The highest BCUT2D eigenvalue weighted by Crippen LogP contribution is 2.22. The first-order chi connectivity index (χ1) is 12.3. The zero-order valence-electron chi connectivity index (χ0n) is 14.4. The standard InChI is InChI=1S/C19H24N4O2/c24-18(23-13-12-22-11-5-4-8-16(22)14-23)10-9-17-20-19(21-25-17)15-6-2-1-3-7-15/h1-3,6-7,16H,4-5,8-14H2/t16-/m0/s1. The minimum Gasteiger partial charge on any atom is -0.340 e. The summed E-state index contributed by atoms with van der Waals surface area (Å²) in [5.41, 5.74) is 0.928. The number of aromatic nitrogens is 2. The molecule has 4 rings (SSSR count). The Kier molecular flexibility index (Phi) is 4.78. The molecule has 0 saturated carbocycles. The number of rotatable bonds is 4. The number of aryl methyl sites for hydroxylation is 1. The molecule has 132 valence electrons. The second-order valence-electron chi connectivity index (χ2n) is 6.90. The molecule has 0 spiro atoms. The van der Waals surface area contributed by atoms with Crippen LogP contribution in [0.1, 0.15) is 31.6 Å². The molecule has 0 bridgehead atoms. The average molecular weight is 340 g/mol. The Labute approximate surface area is 147 Å². The van der Waals surface area contributed by atoms with Gasteiger partial charge in [0.2, 0.25) is 17.6 Å². The molecule has 6 nitrogen and oxygen atoms in total. The maximum Gasteiger partial charge on any atom is 0.227 e. The van der Waals surface area contributed by atoms with E-state index in [2.05, 4.69) is 15.0 Å². The quantitative estimate of drug-likeness (QED) is 0.855. The van der Waals surface area contributed by atoms with Crippen molar-refractivity contribution in [1.82, 2.24) is 19.9 Å². The SMILES string of the molecule is O=C(CCc1nc(-c2ccccc2)no1)N1CCN2CCCC[C@H]2C1. The maximum atomic E-state index is 12.5. The summed E-state index contributed by atoms with van der Waals surface area (Å²) in [6, 6.07) is 10.3. The summed E-state index contributed by atoms with van der Waals surface area (Å²) in [7, 11) is 0. The number of fused-ring (bicyclic) bond motifs is 1. The fraction of sp³-hybridized carbons (Fsp3) is 0.526. The molecule has 0 aliphatic carbocycles. The second kappa shape index (κ2) is 7.35. The largest absolute Gasteiger partial charge is 0.340 e. The molecule has 1 aromatic carbocycles. The molecule has 6 heteroatoms. The summed E-state index contributed by atoms with van der Waals surface area (Å²) in [5.74, 6) is 1.31. The van der Waals surface area contributed by atoms with Gasteiger partial charge in [0.1, 0.15) is 0 Å². The Morgan fingerprint density at radius 3 is 2.92 bits per heavy atom. The number of amides is 1. The van der Waals surface area contributed by atoms with E-state index in [0.717, 1.165) is 25.2 Å². The first kappa shape index (κ1) is 16.3. The van der Waals surface area contributed by atoms with Crippen molar-refractivity contribution in [1.29, 1.82) is 0 Å². The molecular weight excluding hydrogens is 316 g/mol. The second-order valence-corrected chi connectivity index (χ2v) is 6.90. The van der Waals surface area contributed by atoms with E-state index in [1.165, 1.54) is 25.8 Å². The van der Waals surface area contributed by atoms with Crippen LogP contribution in [0.3, 0.4) is 0 Å². The topological polar surface area (TPSA) is 62.5 Å². The molecular formula is C19H24N4O2. The van der Waals surface area contributed by atoms with Crippen LogP contribution in [0.5, 0.6) is 0 Å². The van der Waals surface area contributed by atoms with Gasteiger partial charge in [0.25, 0.3) is 0 Å². The molecule has 2 aromatic rings. The molecule has 2 fully saturated rings. The van der Waals surface area contributed by atoms with Crippen molar-refractivity contribution in [3.8, 4) is 11.4 Å². The maximum absolute atomic E-state index is 12.5. The molecule has 25 heavy (non-hydrogen) atoms. The van der Waals surface area contributed by atoms with Crippen molar-refractivity contribution in [3.05, 3.63) is 36.2 Å². The van der Waals surface area contributed by atoms with Crippen molar-refractivity contribution in [2.24, 2.45) is 0 Å². The van der Waals surface area contributed by atoms with Crippen LogP contribution >= 0.6 is 0 Å². The van der Waals surface area contributed by atoms with Crippen LogP contribution < -0.4 is 0 Å². The molecule has 0 unspecified atom stereocenters. The first-order valence-corrected chi connectivity index (χ1v) is 9.19. The zero-order valence-corrected chi connectivity index (χ0v) is 14.4. The summed E-state index contributed by atoms with van der Waals surface area (Å²) in [4.78, 5) is 21.5. The van der Waals surface area contributed by atoms with Gasteiger partial charge in [-0.05, 0) is 19.4 Å². The number of nitrogens with zero attached hydrogens (tertiary/aromatic N) is 4. The number of carbonyl (C=O) groups is 1. The number of carbonyl (C=O) groups excluding carboxylic acids is 1. The monoisotopic (exact) mass is 340 g/mol. The summed E-state index contributed by atoms with van der Waals surface area (Å²) >= 11 is 0. The van der Waals surface area contributed by atoms with Gasteiger partial charge < -0.3 is 9.42 Å². The molecule has 3 heterocycles. The van der Waals surface area contributed by atoms with E-state index in [1.807, 2.05) is 35.2 Å². The molecule has 1 aromatic heterocycles. The van der Waals surface area contributed by atoms with Gasteiger partial charge in [-0.2, -0.15) is 4.98 Å². The van der Waals surface area contributed by atoms with Gasteiger partial charge in [0.05, 0.1) is 0 Å². The van der Waals surface area contributed by atoms with Crippen molar-refractivity contribution < 1.29 is 9.32 Å². The van der Waals surface area contributed by atoms with Crippen molar-refractivity contribution >= 4 is 5.91 Å². The van der Waals surface area contributed by atoms with E-state index < -0.39 is 0 Å². The highest BCUT2D eigenvalue weighted by Gasteiger charge is 2.30. The van der Waals surface area contributed by atoms with Crippen LogP contribution in [0.15, 0.2) is 34.9 Å². The van der Waals surface area contributed by atoms with Crippen molar-refractivity contribution in [3.63, 3.8) is 0 Å². The van der Waals surface area contributed by atoms with Crippen LogP contribution in [-0.4, -0.2) is 58.1 Å². The highest BCUT2D eigenvalue weighted by molar-refractivity contribution is 5.76. The third-order valence-corrected chi connectivity index (χ3v) is 5.24. The van der Waals surface area contributed by atoms with E-state index in [-0.39, 0.29) is 5.91 Å². The summed E-state index contributed by atoms with van der Waals surface area (Å²) in [5, 5.41) is 4.01. The third kappa shape index (κ3) is 3.74. The number of piperazine rings is 1. The van der Waals surface area contributed by atoms with E-state index in [0.29, 0.717) is 30.6 Å². The lowest BCUT2D eigenvalue weighted by atomic mass is 9.99. The predicted octanol–water partition coefficient (Wildman–Crippen LogP) is 2.37. The normalized spacial score (nSPS) is 21.1. The van der Waals surface area contributed by atoms with Crippen LogP contribution in [0.2, 0.25) is 0 Å². The molecule has 2 aliphatic heterocycles. The van der Waals surface area contributed by atoms with Crippen molar-refractivity contribution in [2.75, 3.05) is 26.2 Å². The van der Waals surface area contributed by atoms with Gasteiger partial charge in [-0.3, -0.25) is 9.69 Å². The molecule has 0 N–H and O–H groups in total. The minimum atomic E-state index is 0.199. The average Bonchev–Trinajstić information content (AvgIpc) is 3.15.